The number of unbranched alkanes of at least 4 members (excludes halogenated alkanes) is 2. The quantitative estimate of drug-likeness (QED) is 0.746. The van der Waals surface area contributed by atoms with E-state index in [4.69, 9.17) is 5.11 Å². The Morgan fingerprint density at radius 3 is 2.48 bits per heavy atom. The molecular formula is C17H25NO2S. The van der Waals surface area contributed by atoms with E-state index in [1.54, 1.807) is 0 Å². The number of nitrogens with zero attached hydrogens (tertiary/aromatic N) is 1. The minimum atomic E-state index is 0.0754. The van der Waals surface area contributed by atoms with Crippen molar-refractivity contribution >= 4 is 17.2 Å². The van der Waals surface area contributed by atoms with Crippen LogP contribution in [0.5, 0.6) is 0 Å². The predicted molar refractivity (Wildman–Crippen MR) is 88.6 cm³/mol. The molecule has 1 N–H and O–H groups in total. The van der Waals surface area contributed by atoms with Crippen molar-refractivity contribution in [3.05, 3.63) is 21.9 Å². The van der Waals surface area contributed by atoms with Crippen molar-refractivity contribution in [2.45, 2.75) is 46.0 Å². The molecule has 0 atom stereocenters. The molecule has 0 aliphatic rings. The first-order valence-corrected chi connectivity index (χ1v) is 8.53. The Morgan fingerprint density at radius 1 is 1.24 bits per heavy atom. The normalized spacial score (nSPS) is 10.0. The molecular weight excluding hydrogens is 282 g/mol. The van der Waals surface area contributed by atoms with Gasteiger partial charge in [-0.15, -0.1) is 11.3 Å². The first-order valence-electron chi connectivity index (χ1n) is 7.71. The van der Waals surface area contributed by atoms with Crippen molar-refractivity contribution in [2.24, 2.45) is 0 Å². The molecule has 1 heterocycles. The largest absolute Gasteiger partial charge is 0.395 e. The predicted octanol–water partition coefficient (Wildman–Crippen LogP) is 3.52. The minimum absolute atomic E-state index is 0.0754. The summed E-state index contributed by atoms with van der Waals surface area (Å²) in [6.45, 7) is 6.02. The summed E-state index contributed by atoms with van der Waals surface area (Å²) in [5, 5.41) is 8.72. The maximum Gasteiger partial charge on any atom is 0.263 e. The molecule has 3 nitrogen and oxygen atoms in total. The van der Waals surface area contributed by atoms with E-state index in [0.29, 0.717) is 6.42 Å². The second-order valence-corrected chi connectivity index (χ2v) is 6.02. The highest BCUT2D eigenvalue weighted by Crippen LogP contribution is 2.18. The van der Waals surface area contributed by atoms with E-state index in [2.05, 4.69) is 25.7 Å². The number of carbonyl (C=O) groups excluding carboxylic acids is 1. The average Bonchev–Trinajstić information content (AvgIpc) is 2.96. The number of carbonyl (C=O) groups is 1. The van der Waals surface area contributed by atoms with Gasteiger partial charge in [-0.2, -0.15) is 0 Å². The van der Waals surface area contributed by atoms with Crippen molar-refractivity contribution in [2.75, 3.05) is 19.7 Å². The maximum absolute atomic E-state index is 12.5. The summed E-state index contributed by atoms with van der Waals surface area (Å²) in [4.78, 5) is 16.2. The van der Waals surface area contributed by atoms with E-state index in [-0.39, 0.29) is 12.5 Å². The third kappa shape index (κ3) is 6.33. The maximum atomic E-state index is 12.5. The zero-order valence-corrected chi connectivity index (χ0v) is 13.8. The molecule has 1 aromatic rings. The lowest BCUT2D eigenvalue weighted by Gasteiger charge is -2.21. The number of hydrogen-bond donors (Lipinski definition) is 1. The van der Waals surface area contributed by atoms with Crippen LogP contribution in [-0.2, 0) is 0 Å². The number of aliphatic hydroxyl groups excluding tert-OH is 1. The van der Waals surface area contributed by atoms with Crippen LogP contribution in [-0.4, -0.2) is 35.6 Å². The van der Waals surface area contributed by atoms with Gasteiger partial charge in [0.05, 0.1) is 16.4 Å². The highest BCUT2D eigenvalue weighted by Gasteiger charge is 2.16. The third-order valence-corrected chi connectivity index (χ3v) is 4.10. The molecule has 0 aliphatic carbocycles. The fraction of sp³-hybridized carbons (Fsp3) is 0.588. The summed E-state index contributed by atoms with van der Waals surface area (Å²) >= 11 is 1.44. The van der Waals surface area contributed by atoms with E-state index in [0.717, 1.165) is 48.5 Å². The van der Waals surface area contributed by atoms with E-state index in [1.807, 2.05) is 17.0 Å². The SMILES string of the molecule is CCCCN(CCCC)C(=O)c1ccc(C#CCCO)s1. The molecule has 0 bridgehead atoms. The molecule has 0 fully saturated rings. The lowest BCUT2D eigenvalue weighted by atomic mass is 10.2. The molecule has 1 rings (SSSR count). The number of aliphatic hydroxyl groups is 1. The molecule has 21 heavy (non-hydrogen) atoms. The standard InChI is InChI=1S/C17H25NO2S/c1-3-5-12-18(13-6-4-2)17(20)16-11-10-15(21-16)9-7-8-14-19/h10-11,19H,3-6,8,12-14H2,1-2H3. The Labute approximate surface area is 132 Å². The van der Waals surface area contributed by atoms with Crippen molar-refractivity contribution < 1.29 is 9.90 Å². The molecule has 0 aliphatic heterocycles. The zero-order chi connectivity index (χ0) is 15.5. The van der Waals surface area contributed by atoms with E-state index >= 15 is 0 Å². The third-order valence-electron chi connectivity index (χ3n) is 3.12. The highest BCUT2D eigenvalue weighted by atomic mass is 32.1. The molecule has 0 spiro atoms. The molecule has 0 unspecified atom stereocenters. The van der Waals surface area contributed by atoms with Gasteiger partial charge in [0.25, 0.3) is 5.91 Å². The summed E-state index contributed by atoms with van der Waals surface area (Å²) in [5.74, 6) is 5.99. The first kappa shape index (κ1) is 17.7. The van der Waals surface area contributed by atoms with Crippen LogP contribution >= 0.6 is 11.3 Å². The van der Waals surface area contributed by atoms with Crippen LogP contribution < -0.4 is 0 Å². The molecule has 0 saturated carbocycles. The van der Waals surface area contributed by atoms with Crippen LogP contribution in [0.2, 0.25) is 0 Å². The van der Waals surface area contributed by atoms with Gasteiger partial charge < -0.3 is 10.0 Å². The van der Waals surface area contributed by atoms with E-state index < -0.39 is 0 Å². The van der Waals surface area contributed by atoms with Crippen molar-refractivity contribution in [1.29, 1.82) is 0 Å². The van der Waals surface area contributed by atoms with Crippen molar-refractivity contribution in [1.82, 2.24) is 4.90 Å². The van der Waals surface area contributed by atoms with Crippen molar-refractivity contribution in [3.63, 3.8) is 0 Å². The smallest absolute Gasteiger partial charge is 0.263 e. The Balaban J connectivity index is 2.71. The fourth-order valence-corrected chi connectivity index (χ4v) is 2.74. The summed E-state index contributed by atoms with van der Waals surface area (Å²) < 4.78 is 0. The molecule has 116 valence electrons. The lowest BCUT2D eigenvalue weighted by molar-refractivity contribution is 0.0756. The topological polar surface area (TPSA) is 40.5 Å². The van der Waals surface area contributed by atoms with Crippen LogP contribution in [0.4, 0.5) is 0 Å². The molecule has 0 saturated heterocycles. The van der Waals surface area contributed by atoms with Gasteiger partial charge in [-0.3, -0.25) is 4.79 Å². The molecule has 0 radical (unpaired) electrons. The van der Waals surface area contributed by atoms with E-state index in [9.17, 15) is 4.79 Å². The molecule has 1 amide bonds. The summed E-state index contributed by atoms with van der Waals surface area (Å²) in [5.41, 5.74) is 0. The average molecular weight is 307 g/mol. The van der Waals surface area contributed by atoms with Gasteiger partial charge in [-0.1, -0.05) is 38.5 Å². The van der Waals surface area contributed by atoms with Crippen LogP contribution in [0.25, 0.3) is 0 Å². The first-order chi connectivity index (χ1) is 10.2. The Bertz CT molecular complexity index is 476. The Hall–Kier alpha value is -1.31. The van der Waals surface area contributed by atoms with Gasteiger partial charge in [0, 0.05) is 19.5 Å². The van der Waals surface area contributed by atoms with Gasteiger partial charge in [-0.25, -0.2) is 0 Å². The number of hydrogen-bond acceptors (Lipinski definition) is 3. The van der Waals surface area contributed by atoms with Crippen LogP contribution in [0.1, 0.15) is 60.5 Å². The lowest BCUT2D eigenvalue weighted by Crippen LogP contribution is -2.32. The number of amides is 1. The summed E-state index contributed by atoms with van der Waals surface area (Å²) in [7, 11) is 0. The highest BCUT2D eigenvalue weighted by molar-refractivity contribution is 7.14. The molecule has 4 heteroatoms. The fourth-order valence-electron chi connectivity index (χ4n) is 1.89. The van der Waals surface area contributed by atoms with Gasteiger partial charge in [0.15, 0.2) is 0 Å². The second-order valence-electron chi connectivity index (χ2n) is 4.94. The molecule has 1 aromatic heterocycles. The van der Waals surface area contributed by atoms with Crippen LogP contribution in [0, 0.1) is 11.8 Å². The Morgan fingerprint density at radius 2 is 1.90 bits per heavy atom. The van der Waals surface area contributed by atoms with Crippen molar-refractivity contribution in [3.8, 4) is 11.8 Å². The van der Waals surface area contributed by atoms with Crippen LogP contribution in [0.3, 0.4) is 0 Å². The minimum Gasteiger partial charge on any atom is -0.395 e. The summed E-state index contributed by atoms with van der Waals surface area (Å²) in [6.07, 6.45) is 4.75. The number of rotatable bonds is 8. The Kier molecular flexibility index (Phi) is 8.80. The summed E-state index contributed by atoms with van der Waals surface area (Å²) in [6, 6.07) is 3.75. The molecule has 0 aromatic carbocycles. The zero-order valence-electron chi connectivity index (χ0n) is 13.0. The van der Waals surface area contributed by atoms with Gasteiger partial charge in [0.2, 0.25) is 0 Å². The second kappa shape index (κ2) is 10.4. The number of thiophene rings is 1. The monoisotopic (exact) mass is 307 g/mol. The van der Waals surface area contributed by atoms with Gasteiger partial charge in [-0.05, 0) is 25.0 Å². The van der Waals surface area contributed by atoms with Gasteiger partial charge >= 0.3 is 0 Å². The van der Waals surface area contributed by atoms with Crippen LogP contribution in [0.15, 0.2) is 12.1 Å². The van der Waals surface area contributed by atoms with Gasteiger partial charge in [0.1, 0.15) is 0 Å². The van der Waals surface area contributed by atoms with E-state index in [1.165, 1.54) is 11.3 Å².